The summed E-state index contributed by atoms with van der Waals surface area (Å²) in [5.74, 6) is -0.564. The second kappa shape index (κ2) is 9.30. The van der Waals surface area contributed by atoms with Gasteiger partial charge in [-0.05, 0) is 43.0 Å². The standard InChI is InChI=1S/C20H21FN2O2S2/c1-3-25-12-11-23-19-16(21)5-4-6-17(19)27-20(23)22-18(24)13-14-7-9-15(26-2)10-8-14/h4-10H,3,11-13H2,1-2H3. The summed E-state index contributed by atoms with van der Waals surface area (Å²) < 4.78 is 22.2. The highest BCUT2D eigenvalue weighted by molar-refractivity contribution is 7.98. The van der Waals surface area contributed by atoms with E-state index in [1.165, 1.54) is 17.4 Å². The SMILES string of the molecule is CCOCCn1c(=NC(=O)Cc2ccc(SC)cc2)sc2cccc(F)c21. The number of aromatic nitrogens is 1. The minimum absolute atomic E-state index is 0.219. The van der Waals surface area contributed by atoms with Crippen LogP contribution in [0.2, 0.25) is 0 Å². The third kappa shape index (κ3) is 4.86. The fourth-order valence-electron chi connectivity index (χ4n) is 2.74. The Morgan fingerprint density at radius 3 is 2.74 bits per heavy atom. The quantitative estimate of drug-likeness (QED) is 0.436. The van der Waals surface area contributed by atoms with Crippen molar-refractivity contribution in [2.24, 2.45) is 4.99 Å². The number of amides is 1. The van der Waals surface area contributed by atoms with Crippen molar-refractivity contribution in [3.63, 3.8) is 0 Å². The first-order valence-corrected chi connectivity index (χ1v) is 10.7. The lowest BCUT2D eigenvalue weighted by atomic mass is 10.1. The number of hydrogen-bond donors (Lipinski definition) is 0. The highest BCUT2D eigenvalue weighted by Crippen LogP contribution is 2.20. The van der Waals surface area contributed by atoms with Crippen LogP contribution < -0.4 is 4.80 Å². The minimum Gasteiger partial charge on any atom is -0.380 e. The predicted molar refractivity (Wildman–Crippen MR) is 109 cm³/mol. The maximum Gasteiger partial charge on any atom is 0.252 e. The Hall–Kier alpha value is -1.96. The molecule has 0 atom stereocenters. The third-order valence-corrected chi connectivity index (χ3v) is 5.84. The number of rotatable bonds is 7. The van der Waals surface area contributed by atoms with E-state index in [0.717, 1.165) is 15.2 Å². The molecule has 2 aromatic carbocycles. The van der Waals surface area contributed by atoms with Gasteiger partial charge >= 0.3 is 0 Å². The smallest absolute Gasteiger partial charge is 0.252 e. The van der Waals surface area contributed by atoms with Crippen molar-refractivity contribution >= 4 is 39.2 Å². The summed E-state index contributed by atoms with van der Waals surface area (Å²) in [4.78, 5) is 18.4. The zero-order valence-electron chi connectivity index (χ0n) is 15.3. The van der Waals surface area contributed by atoms with Crippen molar-refractivity contribution in [3.8, 4) is 0 Å². The van der Waals surface area contributed by atoms with Crippen LogP contribution in [-0.2, 0) is 22.5 Å². The van der Waals surface area contributed by atoms with E-state index in [1.54, 1.807) is 22.4 Å². The van der Waals surface area contributed by atoms with E-state index in [2.05, 4.69) is 4.99 Å². The maximum absolute atomic E-state index is 14.3. The Morgan fingerprint density at radius 2 is 2.04 bits per heavy atom. The summed E-state index contributed by atoms with van der Waals surface area (Å²) in [6, 6.07) is 12.8. The molecule has 7 heteroatoms. The number of halogens is 1. The van der Waals surface area contributed by atoms with Crippen LogP contribution in [0.4, 0.5) is 4.39 Å². The number of para-hydroxylation sites is 1. The average Bonchev–Trinajstić information content (AvgIpc) is 3.01. The number of nitrogens with zero attached hydrogens (tertiary/aromatic N) is 2. The van der Waals surface area contributed by atoms with E-state index in [4.69, 9.17) is 4.74 Å². The number of ether oxygens (including phenoxy) is 1. The number of thioether (sulfide) groups is 1. The van der Waals surface area contributed by atoms with Gasteiger partial charge in [-0.15, -0.1) is 11.8 Å². The number of benzene rings is 2. The molecule has 0 fully saturated rings. The minimum atomic E-state index is -0.318. The van der Waals surface area contributed by atoms with E-state index in [0.29, 0.717) is 30.1 Å². The fourth-order valence-corrected chi connectivity index (χ4v) is 4.24. The van der Waals surface area contributed by atoms with Gasteiger partial charge in [-0.2, -0.15) is 4.99 Å². The van der Waals surface area contributed by atoms with Crippen LogP contribution >= 0.6 is 23.1 Å². The van der Waals surface area contributed by atoms with Gasteiger partial charge in [0.15, 0.2) is 4.80 Å². The zero-order chi connectivity index (χ0) is 19.2. The maximum atomic E-state index is 14.3. The van der Waals surface area contributed by atoms with Gasteiger partial charge in [0.1, 0.15) is 5.82 Å². The topological polar surface area (TPSA) is 43.6 Å². The van der Waals surface area contributed by atoms with E-state index in [1.807, 2.05) is 43.5 Å². The molecule has 3 rings (SSSR count). The summed E-state index contributed by atoms with van der Waals surface area (Å²) in [6.07, 6.45) is 2.23. The molecule has 0 radical (unpaired) electrons. The van der Waals surface area contributed by atoms with Crippen molar-refractivity contribution in [3.05, 3.63) is 58.6 Å². The Kier molecular flexibility index (Phi) is 6.82. The van der Waals surface area contributed by atoms with Gasteiger partial charge in [0.25, 0.3) is 5.91 Å². The van der Waals surface area contributed by atoms with Crippen LogP contribution in [0.1, 0.15) is 12.5 Å². The molecule has 1 heterocycles. The molecule has 0 N–H and O–H groups in total. The van der Waals surface area contributed by atoms with Crippen LogP contribution in [0.25, 0.3) is 10.2 Å². The number of hydrogen-bond acceptors (Lipinski definition) is 4. The summed E-state index contributed by atoms with van der Waals surface area (Å²) >= 11 is 2.97. The van der Waals surface area contributed by atoms with E-state index >= 15 is 0 Å². The normalized spacial score (nSPS) is 12.0. The molecule has 0 aliphatic carbocycles. The Bertz CT molecular complexity index is 993. The van der Waals surface area contributed by atoms with Gasteiger partial charge < -0.3 is 9.30 Å². The number of carbonyl (C=O) groups is 1. The highest BCUT2D eigenvalue weighted by Gasteiger charge is 2.12. The van der Waals surface area contributed by atoms with Crippen molar-refractivity contribution in [1.29, 1.82) is 0 Å². The van der Waals surface area contributed by atoms with Gasteiger partial charge in [-0.3, -0.25) is 4.79 Å². The molecular weight excluding hydrogens is 383 g/mol. The van der Waals surface area contributed by atoms with Crippen molar-refractivity contribution in [1.82, 2.24) is 4.57 Å². The molecule has 0 spiro atoms. The fraction of sp³-hybridized carbons (Fsp3) is 0.300. The van der Waals surface area contributed by atoms with E-state index < -0.39 is 0 Å². The first kappa shape index (κ1) is 19.8. The summed E-state index contributed by atoms with van der Waals surface area (Å²) in [5, 5.41) is 0. The summed E-state index contributed by atoms with van der Waals surface area (Å²) in [7, 11) is 0. The van der Waals surface area contributed by atoms with Crippen molar-refractivity contribution in [2.45, 2.75) is 24.8 Å². The summed E-state index contributed by atoms with van der Waals surface area (Å²) in [5.41, 5.74) is 1.38. The molecule has 0 unspecified atom stereocenters. The van der Waals surface area contributed by atoms with Gasteiger partial charge in [0, 0.05) is 18.0 Å². The Balaban J connectivity index is 1.92. The lowest BCUT2D eigenvalue weighted by molar-refractivity contribution is -0.117. The lowest BCUT2D eigenvalue weighted by Gasteiger charge is -2.06. The molecule has 1 amide bonds. The van der Waals surface area contributed by atoms with Gasteiger partial charge in [-0.25, -0.2) is 4.39 Å². The molecule has 27 heavy (non-hydrogen) atoms. The molecule has 0 saturated heterocycles. The van der Waals surface area contributed by atoms with Gasteiger partial charge in [0.05, 0.1) is 23.2 Å². The van der Waals surface area contributed by atoms with Crippen LogP contribution in [-0.4, -0.2) is 29.9 Å². The predicted octanol–water partition coefficient (Wildman–Crippen LogP) is 4.27. The number of thiazole rings is 1. The van der Waals surface area contributed by atoms with Crippen molar-refractivity contribution < 1.29 is 13.9 Å². The molecule has 0 aliphatic heterocycles. The molecule has 0 bridgehead atoms. The molecular formula is C20H21FN2O2S2. The number of fused-ring (bicyclic) bond motifs is 1. The molecule has 3 aromatic rings. The zero-order valence-corrected chi connectivity index (χ0v) is 16.9. The largest absolute Gasteiger partial charge is 0.380 e. The Morgan fingerprint density at radius 1 is 1.26 bits per heavy atom. The van der Waals surface area contributed by atoms with Crippen LogP contribution in [0.3, 0.4) is 0 Å². The second-order valence-corrected chi connectivity index (χ2v) is 7.74. The average molecular weight is 405 g/mol. The lowest BCUT2D eigenvalue weighted by Crippen LogP contribution is -2.20. The van der Waals surface area contributed by atoms with Gasteiger partial charge in [0.2, 0.25) is 0 Å². The number of carbonyl (C=O) groups excluding carboxylic acids is 1. The van der Waals surface area contributed by atoms with E-state index in [-0.39, 0.29) is 18.1 Å². The molecule has 1 aromatic heterocycles. The molecule has 4 nitrogen and oxygen atoms in total. The summed E-state index contributed by atoms with van der Waals surface area (Å²) in [6.45, 7) is 3.38. The van der Waals surface area contributed by atoms with Crippen LogP contribution in [0.5, 0.6) is 0 Å². The van der Waals surface area contributed by atoms with E-state index in [9.17, 15) is 9.18 Å². The first-order chi connectivity index (χ1) is 13.1. The monoisotopic (exact) mass is 404 g/mol. The van der Waals surface area contributed by atoms with Crippen molar-refractivity contribution in [2.75, 3.05) is 19.5 Å². The third-order valence-electron chi connectivity index (χ3n) is 4.05. The van der Waals surface area contributed by atoms with Crippen LogP contribution in [0.15, 0.2) is 52.4 Å². The van der Waals surface area contributed by atoms with Crippen LogP contribution in [0, 0.1) is 5.82 Å². The molecule has 142 valence electrons. The highest BCUT2D eigenvalue weighted by atomic mass is 32.2. The first-order valence-electron chi connectivity index (χ1n) is 8.68. The Labute approximate surface area is 165 Å². The second-order valence-electron chi connectivity index (χ2n) is 5.85. The molecule has 0 saturated carbocycles. The molecule has 0 aliphatic rings. The van der Waals surface area contributed by atoms with Gasteiger partial charge in [-0.1, -0.05) is 29.5 Å².